The molecule has 1 unspecified atom stereocenters. The molecule has 1 saturated heterocycles. The molecule has 3 rings (SSSR count). The Morgan fingerprint density at radius 2 is 2.17 bits per heavy atom. The summed E-state index contributed by atoms with van der Waals surface area (Å²) in [6.07, 6.45) is 9.27. The van der Waals surface area contributed by atoms with Crippen molar-refractivity contribution >= 4 is 35.0 Å². The number of piperidine rings is 1. The number of halogens is 1. The highest BCUT2D eigenvalue weighted by Crippen LogP contribution is 2.26. The van der Waals surface area contributed by atoms with Crippen LogP contribution in [-0.2, 0) is 4.74 Å². The zero-order chi connectivity index (χ0) is 21.7. The first kappa shape index (κ1) is 22.4. The van der Waals surface area contributed by atoms with Crippen molar-refractivity contribution in [1.29, 1.82) is 0 Å². The predicted octanol–water partition coefficient (Wildman–Crippen LogP) is 3.62. The van der Waals surface area contributed by atoms with Crippen LogP contribution in [0, 0.1) is 5.92 Å². The lowest BCUT2D eigenvalue weighted by molar-refractivity contribution is 0.0185. The molecule has 2 aliphatic rings. The average molecular weight is 434 g/mol. The van der Waals surface area contributed by atoms with Crippen LogP contribution in [0.3, 0.4) is 0 Å². The number of rotatable bonds is 5. The Kier molecular flexibility index (Phi) is 7.26. The Bertz CT molecular complexity index is 810. The highest BCUT2D eigenvalue weighted by molar-refractivity contribution is 6.23. The lowest BCUT2D eigenvalue weighted by Gasteiger charge is -2.33. The summed E-state index contributed by atoms with van der Waals surface area (Å²) in [5, 5.41) is 6.61. The highest BCUT2D eigenvalue weighted by Gasteiger charge is 2.26. The molecule has 0 aromatic carbocycles. The van der Waals surface area contributed by atoms with Gasteiger partial charge < -0.3 is 26.0 Å². The van der Waals surface area contributed by atoms with Gasteiger partial charge in [0.1, 0.15) is 11.1 Å². The summed E-state index contributed by atoms with van der Waals surface area (Å²) in [7, 11) is 0. The second kappa shape index (κ2) is 9.71. The number of fused-ring (bicyclic) bond motifs is 1. The van der Waals surface area contributed by atoms with E-state index in [2.05, 4.69) is 15.6 Å². The lowest BCUT2D eigenvalue weighted by atomic mass is 9.97. The fourth-order valence-corrected chi connectivity index (χ4v) is 3.72. The predicted molar refractivity (Wildman–Crippen MR) is 122 cm³/mol. The first-order valence-corrected chi connectivity index (χ1v) is 10.9. The summed E-state index contributed by atoms with van der Waals surface area (Å²) >= 11 is 6.13. The van der Waals surface area contributed by atoms with Gasteiger partial charge in [-0.05, 0) is 63.3 Å². The molecule has 3 heterocycles. The van der Waals surface area contributed by atoms with Crippen molar-refractivity contribution in [1.82, 2.24) is 15.2 Å². The van der Waals surface area contributed by atoms with E-state index in [1.54, 1.807) is 4.90 Å². The number of pyridine rings is 1. The van der Waals surface area contributed by atoms with Crippen molar-refractivity contribution in [3.63, 3.8) is 0 Å². The van der Waals surface area contributed by atoms with Gasteiger partial charge in [-0.1, -0.05) is 11.6 Å². The summed E-state index contributed by atoms with van der Waals surface area (Å²) < 4.78 is 5.46. The molecule has 1 aromatic rings. The van der Waals surface area contributed by atoms with E-state index in [1.807, 2.05) is 51.4 Å². The van der Waals surface area contributed by atoms with E-state index >= 15 is 0 Å². The van der Waals surface area contributed by atoms with E-state index in [9.17, 15) is 4.79 Å². The van der Waals surface area contributed by atoms with Crippen molar-refractivity contribution < 1.29 is 9.53 Å². The number of nitrogens with zero attached hydrogens (tertiary/aromatic N) is 2. The molecule has 1 atom stereocenters. The largest absolute Gasteiger partial charge is 0.444 e. The molecule has 1 aromatic heterocycles. The normalized spacial score (nSPS) is 19.8. The Labute approximate surface area is 183 Å². The maximum Gasteiger partial charge on any atom is 0.410 e. The maximum atomic E-state index is 12.2. The van der Waals surface area contributed by atoms with Crippen molar-refractivity contribution in [3.8, 4) is 0 Å². The van der Waals surface area contributed by atoms with Gasteiger partial charge in [0.25, 0.3) is 0 Å². The van der Waals surface area contributed by atoms with Crippen LogP contribution in [0.4, 0.5) is 10.5 Å². The molecule has 0 aliphatic carbocycles. The van der Waals surface area contributed by atoms with Gasteiger partial charge in [0.2, 0.25) is 0 Å². The molecule has 164 valence electrons. The van der Waals surface area contributed by atoms with Crippen LogP contribution in [0.15, 0.2) is 24.5 Å². The minimum absolute atomic E-state index is 0.221. The summed E-state index contributed by atoms with van der Waals surface area (Å²) in [6, 6.07) is 2.03. The monoisotopic (exact) mass is 433 g/mol. The minimum atomic E-state index is -0.457. The lowest BCUT2D eigenvalue weighted by Crippen LogP contribution is -2.43. The van der Waals surface area contributed by atoms with Gasteiger partial charge in [0.05, 0.1) is 11.4 Å². The van der Waals surface area contributed by atoms with Crippen molar-refractivity contribution in [2.24, 2.45) is 11.7 Å². The number of ether oxygens (including phenoxy) is 1. The van der Waals surface area contributed by atoms with Gasteiger partial charge >= 0.3 is 6.09 Å². The van der Waals surface area contributed by atoms with Crippen LogP contribution in [-0.4, -0.2) is 53.3 Å². The molecule has 8 heteroatoms. The second-order valence-corrected chi connectivity index (χ2v) is 9.22. The Balaban J connectivity index is 1.51. The first-order chi connectivity index (χ1) is 14.2. The van der Waals surface area contributed by atoms with E-state index in [1.165, 1.54) is 0 Å². The van der Waals surface area contributed by atoms with Gasteiger partial charge in [0, 0.05) is 44.1 Å². The molecule has 1 amide bonds. The Morgan fingerprint density at radius 1 is 1.43 bits per heavy atom. The van der Waals surface area contributed by atoms with Gasteiger partial charge in [0.15, 0.2) is 0 Å². The standard InChI is InChI=1S/C22H32ClN5O2/c1-22(2,3)30-21(29)28-8-6-15(7-9-28)12-25-13-17(11-24)16-10-19-18(26-14-16)4-5-20(23)27-19/h4-5,10,13-15,20,25,27H,6-9,11-12,24H2,1-3H3/b17-13+. The van der Waals surface area contributed by atoms with Crippen LogP contribution in [0.5, 0.6) is 0 Å². The quantitative estimate of drug-likeness (QED) is 0.485. The number of hydrogen-bond acceptors (Lipinski definition) is 6. The third-order valence-corrected chi connectivity index (χ3v) is 5.43. The smallest absolute Gasteiger partial charge is 0.410 e. The van der Waals surface area contributed by atoms with E-state index in [0.717, 1.165) is 55.0 Å². The number of amides is 1. The van der Waals surface area contributed by atoms with Crippen molar-refractivity contribution in [2.45, 2.75) is 44.7 Å². The molecule has 1 fully saturated rings. The number of aromatic nitrogens is 1. The van der Waals surface area contributed by atoms with Crippen molar-refractivity contribution in [2.75, 3.05) is 31.5 Å². The van der Waals surface area contributed by atoms with Crippen LogP contribution < -0.4 is 16.4 Å². The number of carbonyl (C=O) groups excluding carboxylic acids is 1. The molecular weight excluding hydrogens is 402 g/mol. The average Bonchev–Trinajstić information content (AvgIpc) is 2.70. The molecule has 0 radical (unpaired) electrons. The molecule has 4 N–H and O–H groups in total. The summed E-state index contributed by atoms with van der Waals surface area (Å²) in [5.41, 5.74) is 9.02. The van der Waals surface area contributed by atoms with Crippen LogP contribution in [0.25, 0.3) is 11.6 Å². The SMILES string of the molecule is CC(C)(C)OC(=O)N1CCC(CN/C=C(\CN)c2cnc3c(c2)NC(Cl)C=C3)CC1. The van der Waals surface area contributed by atoms with Gasteiger partial charge in [-0.2, -0.15) is 0 Å². The number of nitrogens with two attached hydrogens (primary N) is 1. The molecule has 7 nitrogen and oxygen atoms in total. The molecule has 0 bridgehead atoms. The first-order valence-electron chi connectivity index (χ1n) is 10.4. The summed E-state index contributed by atoms with van der Waals surface area (Å²) in [4.78, 5) is 18.5. The van der Waals surface area contributed by atoms with Gasteiger partial charge in [-0.15, -0.1) is 0 Å². The molecule has 30 heavy (non-hydrogen) atoms. The zero-order valence-corrected chi connectivity index (χ0v) is 18.7. The number of alkyl halides is 1. The van der Waals surface area contributed by atoms with Crippen LogP contribution in [0.1, 0.15) is 44.9 Å². The van der Waals surface area contributed by atoms with Gasteiger partial charge in [-0.3, -0.25) is 4.98 Å². The molecule has 0 saturated carbocycles. The van der Waals surface area contributed by atoms with Crippen LogP contribution in [0.2, 0.25) is 0 Å². The maximum absolute atomic E-state index is 12.2. The van der Waals surface area contributed by atoms with E-state index in [4.69, 9.17) is 22.1 Å². The summed E-state index contributed by atoms with van der Waals surface area (Å²) in [5.74, 6) is 0.504. The number of carbonyl (C=O) groups is 1. The fourth-order valence-electron chi connectivity index (χ4n) is 3.53. The number of nitrogens with one attached hydrogen (secondary N) is 2. The van der Waals surface area contributed by atoms with E-state index in [-0.39, 0.29) is 11.6 Å². The van der Waals surface area contributed by atoms with Crippen LogP contribution >= 0.6 is 11.6 Å². The summed E-state index contributed by atoms with van der Waals surface area (Å²) in [6.45, 7) is 8.37. The van der Waals surface area contributed by atoms with Crippen molar-refractivity contribution in [3.05, 3.63) is 35.8 Å². The number of hydrogen-bond donors (Lipinski definition) is 3. The Hall–Kier alpha value is -2.25. The zero-order valence-electron chi connectivity index (χ0n) is 18.0. The van der Waals surface area contributed by atoms with E-state index < -0.39 is 5.60 Å². The Morgan fingerprint density at radius 3 is 2.83 bits per heavy atom. The van der Waals surface area contributed by atoms with Gasteiger partial charge in [-0.25, -0.2) is 4.79 Å². The highest BCUT2D eigenvalue weighted by atomic mass is 35.5. The number of anilines is 1. The fraction of sp³-hybridized carbons (Fsp3) is 0.545. The number of likely N-dealkylation sites (tertiary alicyclic amines) is 1. The molecule has 2 aliphatic heterocycles. The second-order valence-electron chi connectivity index (χ2n) is 8.75. The molecule has 0 spiro atoms. The third-order valence-electron chi connectivity index (χ3n) is 5.17. The van der Waals surface area contributed by atoms with E-state index in [0.29, 0.717) is 12.5 Å². The minimum Gasteiger partial charge on any atom is -0.444 e. The third kappa shape index (κ3) is 6.12. The molecular formula is C22H32ClN5O2. The topological polar surface area (TPSA) is 92.5 Å².